The lowest BCUT2D eigenvalue weighted by atomic mass is 10.3. The first-order valence-corrected chi connectivity index (χ1v) is 7.88. The van der Waals surface area contributed by atoms with Gasteiger partial charge in [-0.05, 0) is 18.2 Å². The average molecular weight is 369 g/mol. The maximum atomic E-state index is 11.4. The van der Waals surface area contributed by atoms with Gasteiger partial charge in [-0.3, -0.25) is 9.63 Å². The van der Waals surface area contributed by atoms with Crippen LogP contribution >= 0.6 is 23.2 Å². The summed E-state index contributed by atoms with van der Waals surface area (Å²) in [5.41, 5.74) is 0.339. The van der Waals surface area contributed by atoms with Gasteiger partial charge in [0.15, 0.2) is 0 Å². The van der Waals surface area contributed by atoms with Crippen molar-refractivity contribution in [1.29, 1.82) is 0 Å². The molecule has 1 aliphatic rings. The summed E-state index contributed by atoms with van der Waals surface area (Å²) in [7, 11) is 0. The maximum Gasteiger partial charge on any atom is 0.283 e. The second-order valence-corrected chi connectivity index (χ2v) is 5.78. The first-order chi connectivity index (χ1) is 11.6. The van der Waals surface area contributed by atoms with Crippen LogP contribution in [0.4, 0.5) is 5.69 Å². The van der Waals surface area contributed by atoms with E-state index in [9.17, 15) is 10.0 Å². The van der Waals surface area contributed by atoms with Gasteiger partial charge in [-0.2, -0.15) is 0 Å². The number of aliphatic imine (C=N–C) groups is 1. The van der Waals surface area contributed by atoms with E-state index in [1.165, 1.54) is 11.1 Å². The van der Waals surface area contributed by atoms with Gasteiger partial charge < -0.3 is 10.5 Å². The molecule has 2 N–H and O–H groups in total. The average Bonchev–Trinajstić information content (AvgIpc) is 3.00. The highest BCUT2D eigenvalue weighted by Crippen LogP contribution is 2.30. The maximum absolute atomic E-state index is 11.4. The molecule has 0 unspecified atom stereocenters. The zero-order valence-corrected chi connectivity index (χ0v) is 14.0. The van der Waals surface area contributed by atoms with E-state index in [0.29, 0.717) is 45.2 Å². The van der Waals surface area contributed by atoms with Crippen LogP contribution in [0.2, 0.25) is 10.0 Å². The van der Waals surface area contributed by atoms with Gasteiger partial charge in [0.1, 0.15) is 6.61 Å². The number of aromatic nitrogens is 1. The lowest BCUT2D eigenvalue weighted by molar-refractivity contribution is -0.108. The number of para-hydroxylation sites is 1. The number of rotatable bonds is 4. The molecular weight excluding hydrogens is 355 g/mol. The van der Waals surface area contributed by atoms with Crippen molar-refractivity contribution in [3.05, 3.63) is 62.5 Å². The fraction of sp³-hybridized carbons (Fsp3) is 0.200. The molecule has 2 aromatic rings. The van der Waals surface area contributed by atoms with Crippen LogP contribution < -0.4 is 10.9 Å². The van der Waals surface area contributed by atoms with Crippen molar-refractivity contribution in [3.8, 4) is 0 Å². The molecule has 2 heterocycles. The number of halogens is 2. The van der Waals surface area contributed by atoms with Gasteiger partial charge in [-0.1, -0.05) is 35.3 Å². The van der Waals surface area contributed by atoms with E-state index >= 15 is 0 Å². The van der Waals surface area contributed by atoms with Gasteiger partial charge in [0.05, 0.1) is 34.5 Å². The quantitative estimate of drug-likeness (QED) is 0.810. The van der Waals surface area contributed by atoms with E-state index in [1.807, 2.05) is 0 Å². The van der Waals surface area contributed by atoms with Crippen molar-refractivity contribution in [2.75, 3.05) is 18.4 Å². The largest absolute Gasteiger partial charge is 0.425 e. The predicted octanol–water partition coefficient (Wildman–Crippen LogP) is 2.61. The highest BCUT2D eigenvalue weighted by molar-refractivity contribution is 6.39. The zero-order valence-electron chi connectivity index (χ0n) is 12.4. The van der Waals surface area contributed by atoms with Crippen LogP contribution in [0.15, 0.2) is 46.2 Å². The van der Waals surface area contributed by atoms with Crippen LogP contribution in [-0.4, -0.2) is 34.0 Å². The summed E-state index contributed by atoms with van der Waals surface area (Å²) in [6.07, 6.45) is 0. The molecule has 0 saturated carbocycles. The summed E-state index contributed by atoms with van der Waals surface area (Å²) < 4.78 is 0.547. The SMILES string of the molecule is O=c1cccc(CON2CCN=C2Nc2c(Cl)cccc2Cl)n1O. The smallest absolute Gasteiger partial charge is 0.283 e. The van der Waals surface area contributed by atoms with Crippen LogP contribution in [0, 0.1) is 0 Å². The van der Waals surface area contributed by atoms with E-state index in [1.54, 1.807) is 30.3 Å². The number of hydroxylamine groups is 2. The fourth-order valence-electron chi connectivity index (χ4n) is 2.17. The minimum absolute atomic E-state index is 0.00351. The molecule has 0 radical (unpaired) electrons. The second kappa shape index (κ2) is 7.12. The van der Waals surface area contributed by atoms with Crippen LogP contribution in [-0.2, 0) is 11.4 Å². The Morgan fingerprint density at radius 2 is 1.92 bits per heavy atom. The van der Waals surface area contributed by atoms with Crippen molar-refractivity contribution < 1.29 is 10.0 Å². The van der Waals surface area contributed by atoms with E-state index in [4.69, 9.17) is 28.0 Å². The summed E-state index contributed by atoms with van der Waals surface area (Å²) in [6.45, 7) is 1.06. The summed E-state index contributed by atoms with van der Waals surface area (Å²) >= 11 is 12.3. The molecule has 0 saturated heterocycles. The van der Waals surface area contributed by atoms with Gasteiger partial charge in [-0.15, -0.1) is 4.73 Å². The number of anilines is 1. The highest BCUT2D eigenvalue weighted by Gasteiger charge is 2.20. The lowest BCUT2D eigenvalue weighted by Gasteiger charge is -2.21. The second-order valence-electron chi connectivity index (χ2n) is 4.97. The molecule has 0 bridgehead atoms. The molecule has 0 spiro atoms. The molecule has 0 amide bonds. The Morgan fingerprint density at radius 1 is 1.21 bits per heavy atom. The van der Waals surface area contributed by atoms with Crippen LogP contribution in [0.3, 0.4) is 0 Å². The molecular formula is C15H14Cl2N4O3. The molecule has 1 aromatic heterocycles. The molecule has 3 rings (SSSR count). The van der Waals surface area contributed by atoms with Gasteiger partial charge >= 0.3 is 0 Å². The Labute approximate surface area is 147 Å². The van der Waals surface area contributed by atoms with Crippen molar-refractivity contribution in [2.45, 2.75) is 6.61 Å². The van der Waals surface area contributed by atoms with Crippen molar-refractivity contribution in [2.24, 2.45) is 4.99 Å². The van der Waals surface area contributed by atoms with Crippen molar-refractivity contribution in [3.63, 3.8) is 0 Å². The molecule has 0 fully saturated rings. The van der Waals surface area contributed by atoms with Gasteiger partial charge in [-0.25, -0.2) is 10.1 Å². The Hall–Kier alpha value is -2.22. The highest BCUT2D eigenvalue weighted by atomic mass is 35.5. The Kier molecular flexibility index (Phi) is 4.94. The normalized spacial score (nSPS) is 13.9. The van der Waals surface area contributed by atoms with E-state index in [-0.39, 0.29) is 6.61 Å². The van der Waals surface area contributed by atoms with E-state index < -0.39 is 5.56 Å². The van der Waals surface area contributed by atoms with E-state index in [0.717, 1.165) is 0 Å². The van der Waals surface area contributed by atoms with Crippen LogP contribution in [0.25, 0.3) is 0 Å². The van der Waals surface area contributed by atoms with Crippen molar-refractivity contribution >= 4 is 34.8 Å². The molecule has 1 aliphatic heterocycles. The number of benzene rings is 1. The Balaban J connectivity index is 1.70. The molecule has 0 aliphatic carbocycles. The monoisotopic (exact) mass is 368 g/mol. The Morgan fingerprint density at radius 3 is 2.67 bits per heavy atom. The van der Waals surface area contributed by atoms with E-state index in [2.05, 4.69) is 10.3 Å². The predicted molar refractivity (Wildman–Crippen MR) is 91.8 cm³/mol. The minimum atomic E-state index is -0.521. The molecule has 9 heteroatoms. The number of hydrogen-bond donors (Lipinski definition) is 2. The van der Waals surface area contributed by atoms with Crippen molar-refractivity contribution in [1.82, 2.24) is 9.79 Å². The van der Waals surface area contributed by atoms with Gasteiger partial charge in [0, 0.05) is 6.07 Å². The lowest BCUT2D eigenvalue weighted by Crippen LogP contribution is -2.34. The third-order valence-electron chi connectivity index (χ3n) is 3.38. The fourth-order valence-corrected chi connectivity index (χ4v) is 2.66. The number of nitrogens with one attached hydrogen (secondary N) is 1. The molecule has 126 valence electrons. The summed E-state index contributed by atoms with van der Waals surface area (Å²) in [5.74, 6) is 0.452. The van der Waals surface area contributed by atoms with Crippen LogP contribution in [0.5, 0.6) is 0 Å². The van der Waals surface area contributed by atoms with Crippen LogP contribution in [0.1, 0.15) is 5.69 Å². The first kappa shape index (κ1) is 16.6. The summed E-state index contributed by atoms with van der Waals surface area (Å²) in [5, 5.41) is 15.2. The summed E-state index contributed by atoms with van der Waals surface area (Å²) in [4.78, 5) is 21.3. The topological polar surface area (TPSA) is 79.1 Å². The van der Waals surface area contributed by atoms with Gasteiger partial charge in [0.25, 0.3) is 5.56 Å². The molecule has 24 heavy (non-hydrogen) atoms. The first-order valence-electron chi connectivity index (χ1n) is 7.12. The third kappa shape index (κ3) is 3.48. The van der Waals surface area contributed by atoms with Gasteiger partial charge in [0.2, 0.25) is 5.96 Å². The zero-order chi connectivity index (χ0) is 17.1. The standard InChI is InChI=1S/C15H14Cl2N4O3/c16-11-4-2-5-12(17)14(11)19-15-18-7-8-20(15)24-9-10-3-1-6-13(22)21(10)23/h1-6,23H,7-9H2,(H,18,19). The number of guanidine groups is 1. The Bertz CT molecular complexity index is 817. The molecule has 7 nitrogen and oxygen atoms in total. The number of hydrogen-bond acceptors (Lipinski definition) is 6. The number of nitrogens with zero attached hydrogens (tertiary/aromatic N) is 3. The third-order valence-corrected chi connectivity index (χ3v) is 4.01. The summed E-state index contributed by atoms with van der Waals surface area (Å²) in [6, 6.07) is 9.57. The minimum Gasteiger partial charge on any atom is -0.425 e. The number of pyridine rings is 1. The molecule has 0 atom stereocenters. The molecule has 1 aromatic carbocycles.